The van der Waals surface area contributed by atoms with Gasteiger partial charge in [0.2, 0.25) is 0 Å². The Morgan fingerprint density at radius 2 is 2.13 bits per heavy atom. The fourth-order valence-electron chi connectivity index (χ4n) is 4.46. The van der Waals surface area contributed by atoms with Crippen LogP contribution in [0, 0.1) is 12.3 Å². The highest BCUT2D eigenvalue weighted by atomic mass is 16.4. The summed E-state index contributed by atoms with van der Waals surface area (Å²) >= 11 is 0. The van der Waals surface area contributed by atoms with E-state index in [4.69, 9.17) is 0 Å². The number of rotatable bonds is 5. The number of carbonyl (C=O) groups excluding carboxylic acids is 1. The Morgan fingerprint density at radius 1 is 1.39 bits per heavy atom. The molecule has 0 unspecified atom stereocenters. The SMILES string of the molecule is CCCn1cc(C(=O)N2[C@H]3CC[C@@H]2[C@](CC)(C(=O)O)C3)c(C)n1. The molecule has 1 amide bonds. The average molecular weight is 319 g/mol. The molecule has 23 heavy (non-hydrogen) atoms. The molecular weight excluding hydrogens is 294 g/mol. The number of aryl methyl sites for hydroxylation is 2. The van der Waals surface area contributed by atoms with E-state index < -0.39 is 11.4 Å². The van der Waals surface area contributed by atoms with Gasteiger partial charge in [-0.15, -0.1) is 0 Å². The number of aliphatic carboxylic acids is 1. The van der Waals surface area contributed by atoms with Crippen LogP contribution in [-0.2, 0) is 11.3 Å². The molecule has 1 aromatic heterocycles. The van der Waals surface area contributed by atoms with Gasteiger partial charge in [0.15, 0.2) is 0 Å². The van der Waals surface area contributed by atoms with Crippen LogP contribution in [0.25, 0.3) is 0 Å². The quantitative estimate of drug-likeness (QED) is 0.904. The number of carboxylic acids is 1. The summed E-state index contributed by atoms with van der Waals surface area (Å²) in [5.41, 5.74) is 0.575. The normalized spacial score (nSPS) is 29.3. The first kappa shape index (κ1) is 16.0. The zero-order chi connectivity index (χ0) is 16.8. The molecule has 6 nitrogen and oxygen atoms in total. The highest BCUT2D eigenvalue weighted by Gasteiger charge is 2.60. The minimum absolute atomic E-state index is 0.0473. The molecule has 2 bridgehead atoms. The summed E-state index contributed by atoms with van der Waals surface area (Å²) in [5.74, 6) is -0.808. The van der Waals surface area contributed by atoms with Crippen LogP contribution in [0.1, 0.15) is 62.0 Å². The Kier molecular flexibility index (Phi) is 3.94. The molecule has 3 rings (SSSR count). The molecule has 2 aliphatic heterocycles. The van der Waals surface area contributed by atoms with Crippen molar-refractivity contribution in [2.45, 2.75) is 71.5 Å². The number of fused-ring (bicyclic) bond motifs is 2. The van der Waals surface area contributed by atoms with Crippen LogP contribution in [0.2, 0.25) is 0 Å². The Labute approximate surface area is 136 Å². The third-order valence-electron chi connectivity index (χ3n) is 5.66. The lowest BCUT2D eigenvalue weighted by Gasteiger charge is -2.32. The first-order valence-corrected chi connectivity index (χ1v) is 8.54. The van der Waals surface area contributed by atoms with E-state index in [1.54, 1.807) is 0 Å². The van der Waals surface area contributed by atoms with E-state index in [1.807, 2.05) is 29.6 Å². The fourth-order valence-corrected chi connectivity index (χ4v) is 4.46. The molecule has 1 N–H and O–H groups in total. The van der Waals surface area contributed by atoms with Gasteiger partial charge >= 0.3 is 5.97 Å². The summed E-state index contributed by atoms with van der Waals surface area (Å²) in [6.45, 7) is 6.63. The summed E-state index contributed by atoms with van der Waals surface area (Å²) in [5, 5.41) is 14.1. The number of carbonyl (C=O) groups is 2. The number of aromatic nitrogens is 2. The standard InChI is InChI=1S/C17H25N3O3/c1-4-8-19-10-13(11(3)18-19)15(21)20-12-6-7-14(20)17(5-2,9-12)16(22)23/h10,12,14H,4-9H2,1-3H3,(H,22,23)/t12-,14+,17+/m0/s1. The molecule has 2 fully saturated rings. The van der Waals surface area contributed by atoms with E-state index in [-0.39, 0.29) is 18.0 Å². The van der Waals surface area contributed by atoms with Crippen molar-refractivity contribution in [1.29, 1.82) is 0 Å². The van der Waals surface area contributed by atoms with E-state index in [0.29, 0.717) is 18.4 Å². The predicted molar refractivity (Wildman–Crippen MR) is 85.2 cm³/mol. The topological polar surface area (TPSA) is 75.4 Å². The second-order valence-corrected chi connectivity index (χ2v) is 6.87. The van der Waals surface area contributed by atoms with Crippen molar-refractivity contribution in [3.05, 3.63) is 17.5 Å². The van der Waals surface area contributed by atoms with Crippen LogP contribution < -0.4 is 0 Å². The average Bonchev–Trinajstić information content (AvgIpc) is 3.18. The third kappa shape index (κ3) is 2.26. The van der Waals surface area contributed by atoms with Crippen LogP contribution in [0.4, 0.5) is 0 Å². The van der Waals surface area contributed by atoms with Crippen LogP contribution in [0.15, 0.2) is 6.20 Å². The van der Waals surface area contributed by atoms with Gasteiger partial charge in [0.05, 0.1) is 16.7 Å². The van der Waals surface area contributed by atoms with Crippen LogP contribution in [0.3, 0.4) is 0 Å². The van der Waals surface area contributed by atoms with E-state index in [2.05, 4.69) is 12.0 Å². The molecular formula is C17H25N3O3. The first-order chi connectivity index (χ1) is 10.9. The van der Waals surface area contributed by atoms with Gasteiger partial charge in [-0.25, -0.2) is 0 Å². The maximum Gasteiger partial charge on any atom is 0.311 e. The first-order valence-electron chi connectivity index (χ1n) is 8.54. The molecule has 126 valence electrons. The largest absolute Gasteiger partial charge is 0.481 e. The van der Waals surface area contributed by atoms with Gasteiger partial charge in [-0.1, -0.05) is 13.8 Å². The molecule has 2 aliphatic rings. The summed E-state index contributed by atoms with van der Waals surface area (Å²) in [7, 11) is 0. The monoisotopic (exact) mass is 319 g/mol. The van der Waals surface area contributed by atoms with E-state index >= 15 is 0 Å². The second-order valence-electron chi connectivity index (χ2n) is 6.87. The van der Waals surface area contributed by atoms with Crippen molar-refractivity contribution in [3.63, 3.8) is 0 Å². The van der Waals surface area contributed by atoms with Gasteiger partial charge in [-0.3, -0.25) is 14.3 Å². The van der Waals surface area contributed by atoms with Crippen LogP contribution in [0.5, 0.6) is 0 Å². The van der Waals surface area contributed by atoms with Crippen molar-refractivity contribution >= 4 is 11.9 Å². The summed E-state index contributed by atoms with van der Waals surface area (Å²) in [6.07, 6.45) is 5.63. The van der Waals surface area contributed by atoms with E-state index in [1.165, 1.54) is 0 Å². The molecule has 0 radical (unpaired) electrons. The maximum absolute atomic E-state index is 13.1. The van der Waals surface area contributed by atoms with E-state index in [9.17, 15) is 14.7 Å². The predicted octanol–water partition coefficient (Wildman–Crippen LogP) is 2.46. The number of amides is 1. The van der Waals surface area contributed by atoms with Crippen molar-refractivity contribution < 1.29 is 14.7 Å². The molecule has 0 aromatic carbocycles. The van der Waals surface area contributed by atoms with Gasteiger partial charge in [0.25, 0.3) is 5.91 Å². The van der Waals surface area contributed by atoms with Crippen molar-refractivity contribution in [1.82, 2.24) is 14.7 Å². The maximum atomic E-state index is 13.1. The molecule has 1 aromatic rings. The van der Waals surface area contributed by atoms with Gasteiger partial charge < -0.3 is 10.0 Å². The van der Waals surface area contributed by atoms with Crippen molar-refractivity contribution in [2.24, 2.45) is 5.41 Å². The minimum atomic E-state index is -0.772. The van der Waals surface area contributed by atoms with Crippen molar-refractivity contribution in [2.75, 3.05) is 0 Å². The zero-order valence-electron chi connectivity index (χ0n) is 14.1. The molecule has 0 saturated carbocycles. The summed E-state index contributed by atoms with van der Waals surface area (Å²) < 4.78 is 1.81. The van der Waals surface area contributed by atoms with Gasteiger partial charge in [0.1, 0.15) is 0 Å². The van der Waals surface area contributed by atoms with Crippen LogP contribution >= 0.6 is 0 Å². The summed E-state index contributed by atoms with van der Waals surface area (Å²) in [4.78, 5) is 26.7. The number of carboxylic acid groups (broad SMARTS) is 1. The summed E-state index contributed by atoms with van der Waals surface area (Å²) in [6, 6.07) is -0.131. The minimum Gasteiger partial charge on any atom is -0.481 e. The highest BCUT2D eigenvalue weighted by molar-refractivity contribution is 5.96. The second kappa shape index (κ2) is 5.65. The Balaban J connectivity index is 1.91. The molecule has 3 atom stereocenters. The van der Waals surface area contributed by atoms with E-state index in [0.717, 1.165) is 31.5 Å². The molecule has 0 spiro atoms. The Bertz CT molecular complexity index is 639. The molecule has 6 heteroatoms. The van der Waals surface area contributed by atoms with Crippen LogP contribution in [-0.4, -0.2) is 43.7 Å². The molecule has 0 aliphatic carbocycles. The van der Waals surface area contributed by atoms with Gasteiger partial charge in [-0.2, -0.15) is 5.10 Å². The lowest BCUT2D eigenvalue weighted by molar-refractivity contribution is -0.151. The third-order valence-corrected chi connectivity index (χ3v) is 5.66. The Hall–Kier alpha value is -1.85. The molecule has 3 heterocycles. The lowest BCUT2D eigenvalue weighted by Crippen LogP contribution is -2.44. The lowest BCUT2D eigenvalue weighted by atomic mass is 9.72. The number of hydrogen-bond acceptors (Lipinski definition) is 3. The molecule has 2 saturated heterocycles. The smallest absolute Gasteiger partial charge is 0.311 e. The number of hydrogen-bond donors (Lipinski definition) is 1. The highest BCUT2D eigenvalue weighted by Crippen LogP contribution is 2.52. The van der Waals surface area contributed by atoms with Gasteiger partial charge in [-0.05, 0) is 39.0 Å². The fraction of sp³-hybridized carbons (Fsp3) is 0.706. The number of nitrogens with zero attached hydrogens (tertiary/aromatic N) is 3. The van der Waals surface area contributed by atoms with Crippen molar-refractivity contribution in [3.8, 4) is 0 Å². The Morgan fingerprint density at radius 3 is 2.70 bits per heavy atom. The zero-order valence-corrected chi connectivity index (χ0v) is 14.1. The van der Waals surface area contributed by atoms with Gasteiger partial charge in [0, 0.05) is 24.8 Å².